The predicted molar refractivity (Wildman–Crippen MR) is 148 cm³/mol. The molecule has 0 saturated carbocycles. The molecule has 204 valence electrons. The molecule has 1 N–H and O–H groups in total. The van der Waals surface area contributed by atoms with Gasteiger partial charge < -0.3 is 19.5 Å². The van der Waals surface area contributed by atoms with Crippen LogP contribution in [-0.4, -0.2) is 53.7 Å². The van der Waals surface area contributed by atoms with Gasteiger partial charge in [-0.05, 0) is 62.7 Å². The first-order chi connectivity index (χ1) is 18.6. The summed E-state index contributed by atoms with van der Waals surface area (Å²) in [6, 6.07) is 18.5. The van der Waals surface area contributed by atoms with Crippen molar-refractivity contribution >= 4 is 28.5 Å². The smallest absolute Gasteiger partial charge is 0.249 e. The summed E-state index contributed by atoms with van der Waals surface area (Å²) in [5.74, 6) is 0.748. The maximum Gasteiger partial charge on any atom is 0.249 e. The molecule has 0 aliphatic heterocycles. The van der Waals surface area contributed by atoms with Gasteiger partial charge >= 0.3 is 0 Å². The maximum absolute atomic E-state index is 14.2. The van der Waals surface area contributed by atoms with Gasteiger partial charge in [0.2, 0.25) is 11.8 Å². The van der Waals surface area contributed by atoms with E-state index in [1.165, 1.54) is 23.8 Å². The number of carbonyl (C=O) groups excluding carboxylic acids is 2. The maximum atomic E-state index is 14.2. The molecule has 1 heterocycles. The molecule has 1 aromatic heterocycles. The highest BCUT2D eigenvalue weighted by atomic mass is 16.5. The summed E-state index contributed by atoms with van der Waals surface area (Å²) in [6.45, 7) is 5.49. The summed E-state index contributed by atoms with van der Waals surface area (Å²) < 4.78 is 17.9. The topological polar surface area (TPSA) is 108 Å². The lowest BCUT2D eigenvalue weighted by molar-refractivity contribution is -0.128. The van der Waals surface area contributed by atoms with Crippen LogP contribution in [-0.2, 0) is 16.1 Å². The lowest BCUT2D eigenvalue weighted by Gasteiger charge is -2.34. The van der Waals surface area contributed by atoms with Gasteiger partial charge in [0.15, 0.2) is 0 Å². The van der Waals surface area contributed by atoms with Crippen molar-refractivity contribution < 1.29 is 23.8 Å². The van der Waals surface area contributed by atoms with Gasteiger partial charge in [-0.1, -0.05) is 23.4 Å². The highest BCUT2D eigenvalue weighted by Crippen LogP contribution is 2.35. The summed E-state index contributed by atoms with van der Waals surface area (Å²) >= 11 is 0. The van der Waals surface area contributed by atoms with Gasteiger partial charge in [-0.3, -0.25) is 14.5 Å². The fourth-order valence-corrected chi connectivity index (χ4v) is 4.28. The van der Waals surface area contributed by atoms with Gasteiger partial charge in [0.25, 0.3) is 0 Å². The number of amides is 2. The number of benzene rings is 3. The van der Waals surface area contributed by atoms with Crippen molar-refractivity contribution in [2.75, 3.05) is 26.2 Å². The molecule has 0 fully saturated rings. The number of para-hydroxylation sites is 1. The second-order valence-corrected chi connectivity index (χ2v) is 9.99. The summed E-state index contributed by atoms with van der Waals surface area (Å²) in [5.41, 5.74) is 1.78. The van der Waals surface area contributed by atoms with Gasteiger partial charge in [0, 0.05) is 23.4 Å². The highest BCUT2D eigenvalue weighted by Gasteiger charge is 2.35. The molecule has 0 bridgehead atoms. The summed E-state index contributed by atoms with van der Waals surface area (Å²) in [5, 5.41) is 11.4. The van der Waals surface area contributed by atoms with E-state index in [0.29, 0.717) is 39.5 Å². The Hall–Kier alpha value is -4.60. The monoisotopic (exact) mass is 531 g/mol. The van der Waals surface area contributed by atoms with E-state index >= 15 is 0 Å². The normalized spacial score (nSPS) is 12.1. The van der Waals surface area contributed by atoms with E-state index in [0.717, 1.165) is 0 Å². The van der Waals surface area contributed by atoms with Gasteiger partial charge in [-0.25, -0.2) is 4.68 Å². The number of nitrogens with one attached hydrogen (secondary N) is 1. The number of methoxy groups -OCH3 is 3. The molecule has 10 nitrogen and oxygen atoms in total. The Morgan fingerprint density at radius 1 is 0.897 bits per heavy atom. The van der Waals surface area contributed by atoms with Crippen molar-refractivity contribution in [1.82, 2.24) is 20.3 Å². The fraction of sp³-hybridized carbons (Fsp3) is 0.310. The third kappa shape index (κ3) is 6.28. The summed E-state index contributed by atoms with van der Waals surface area (Å²) in [4.78, 5) is 29.6. The molecule has 1 atom stereocenters. The molecule has 3 aromatic carbocycles. The van der Waals surface area contributed by atoms with E-state index < -0.39 is 11.6 Å². The zero-order chi connectivity index (χ0) is 28.2. The number of nitrogens with zero attached hydrogens (tertiary/aromatic N) is 4. The number of aromatic nitrogens is 3. The molecule has 39 heavy (non-hydrogen) atoms. The van der Waals surface area contributed by atoms with Crippen LogP contribution in [0.1, 0.15) is 32.4 Å². The van der Waals surface area contributed by atoms with E-state index in [9.17, 15) is 9.59 Å². The molecule has 0 spiro atoms. The molecule has 10 heteroatoms. The van der Waals surface area contributed by atoms with E-state index in [1.54, 1.807) is 49.6 Å². The Labute approximate surface area is 227 Å². The number of hydrogen-bond acceptors (Lipinski definition) is 7. The molecule has 0 aliphatic carbocycles. The average Bonchev–Trinajstić information content (AvgIpc) is 3.32. The summed E-state index contributed by atoms with van der Waals surface area (Å²) in [6.07, 6.45) is 0. The molecular formula is C29H33N5O5. The second kappa shape index (κ2) is 11.4. The van der Waals surface area contributed by atoms with Gasteiger partial charge in [0.1, 0.15) is 35.4 Å². The van der Waals surface area contributed by atoms with Crippen LogP contribution in [0.4, 0.5) is 5.69 Å². The van der Waals surface area contributed by atoms with Crippen LogP contribution in [0.15, 0.2) is 66.7 Å². The minimum absolute atomic E-state index is 0.155. The zero-order valence-corrected chi connectivity index (χ0v) is 23.0. The fourth-order valence-electron chi connectivity index (χ4n) is 4.28. The molecule has 0 radical (unpaired) electrons. The minimum Gasteiger partial charge on any atom is -0.497 e. The lowest BCUT2D eigenvalue weighted by atomic mass is 10.00. The molecule has 0 unspecified atom stereocenters. The number of ether oxygens (including phenoxy) is 3. The van der Waals surface area contributed by atoms with E-state index in [2.05, 4.69) is 15.6 Å². The van der Waals surface area contributed by atoms with E-state index in [1.807, 2.05) is 45.0 Å². The van der Waals surface area contributed by atoms with Crippen molar-refractivity contribution in [2.45, 2.75) is 38.9 Å². The average molecular weight is 532 g/mol. The van der Waals surface area contributed by atoms with Gasteiger partial charge in [-0.15, -0.1) is 5.10 Å². The third-order valence-electron chi connectivity index (χ3n) is 6.00. The Kier molecular flexibility index (Phi) is 8.04. The number of rotatable bonds is 9. The largest absolute Gasteiger partial charge is 0.497 e. The zero-order valence-electron chi connectivity index (χ0n) is 23.0. The van der Waals surface area contributed by atoms with Gasteiger partial charge in [-0.2, -0.15) is 0 Å². The molecular weight excluding hydrogens is 498 g/mol. The van der Waals surface area contributed by atoms with Crippen molar-refractivity contribution in [3.8, 4) is 17.2 Å². The molecule has 4 rings (SSSR count). The molecule has 0 aliphatic rings. The number of anilines is 1. The van der Waals surface area contributed by atoms with Crippen molar-refractivity contribution in [3.63, 3.8) is 0 Å². The summed E-state index contributed by atoms with van der Waals surface area (Å²) in [7, 11) is 4.61. The van der Waals surface area contributed by atoms with Crippen molar-refractivity contribution in [3.05, 3.63) is 72.3 Å². The Balaban J connectivity index is 1.89. The third-order valence-corrected chi connectivity index (χ3v) is 6.00. The van der Waals surface area contributed by atoms with E-state index in [4.69, 9.17) is 14.2 Å². The highest BCUT2D eigenvalue weighted by molar-refractivity contribution is 6.02. The molecule has 0 saturated heterocycles. The second-order valence-electron chi connectivity index (χ2n) is 9.99. The Bertz CT molecular complexity index is 1450. The Morgan fingerprint density at radius 2 is 1.56 bits per heavy atom. The first-order valence-corrected chi connectivity index (χ1v) is 12.4. The van der Waals surface area contributed by atoms with Crippen LogP contribution < -0.4 is 24.4 Å². The van der Waals surface area contributed by atoms with Crippen LogP contribution in [0.3, 0.4) is 0 Å². The SMILES string of the molecule is COc1cc(OC)cc([C@H](C(=O)NC(C)(C)C)N(C(=O)Cn2nnc3ccccc32)c2cccc(OC)c2)c1. The van der Waals surface area contributed by atoms with Crippen LogP contribution in [0.5, 0.6) is 17.2 Å². The number of carbonyl (C=O) groups is 2. The van der Waals surface area contributed by atoms with Gasteiger partial charge in [0.05, 0.1) is 26.8 Å². The standard InChI is InChI=1S/C29H33N5O5/c1-29(2,3)30-28(36)27(19-14-22(38-5)17-23(15-19)39-6)34(20-10-9-11-21(16-20)37-4)26(35)18-33-25-13-8-7-12-24(25)31-32-33/h7-17,27H,18H2,1-6H3,(H,30,36)/t27-/m1/s1. The quantitative estimate of drug-likeness (QED) is 0.346. The van der Waals surface area contributed by atoms with Crippen molar-refractivity contribution in [2.24, 2.45) is 0 Å². The van der Waals surface area contributed by atoms with Crippen LogP contribution in [0.25, 0.3) is 11.0 Å². The lowest BCUT2D eigenvalue weighted by Crippen LogP contribution is -2.50. The van der Waals surface area contributed by atoms with Crippen LogP contribution in [0.2, 0.25) is 0 Å². The first kappa shape index (κ1) is 27.4. The van der Waals surface area contributed by atoms with Crippen molar-refractivity contribution in [1.29, 1.82) is 0 Å². The minimum atomic E-state index is -1.08. The number of fused-ring (bicyclic) bond motifs is 1. The van der Waals surface area contributed by atoms with Crippen LogP contribution >= 0.6 is 0 Å². The van der Waals surface area contributed by atoms with Crippen LogP contribution in [0, 0.1) is 0 Å². The molecule has 2 amide bonds. The Morgan fingerprint density at radius 3 is 2.21 bits per heavy atom. The first-order valence-electron chi connectivity index (χ1n) is 12.4. The molecule has 4 aromatic rings. The number of hydrogen-bond donors (Lipinski definition) is 1. The predicted octanol–water partition coefficient (Wildman–Crippen LogP) is 4.15. The van der Waals surface area contributed by atoms with E-state index in [-0.39, 0.29) is 18.4 Å².